The highest BCUT2D eigenvalue weighted by molar-refractivity contribution is 5.99. The zero-order valence-electron chi connectivity index (χ0n) is 12.7. The van der Waals surface area contributed by atoms with Crippen LogP contribution in [0.2, 0.25) is 0 Å². The van der Waals surface area contributed by atoms with E-state index in [0.29, 0.717) is 6.61 Å². The van der Waals surface area contributed by atoms with E-state index in [9.17, 15) is 0 Å². The Balaban J connectivity index is 1.99. The summed E-state index contributed by atoms with van der Waals surface area (Å²) in [6, 6.07) is 14.5. The van der Waals surface area contributed by atoms with Crippen LogP contribution in [0.15, 0.2) is 61.2 Å². The molecule has 4 heteroatoms. The minimum atomic E-state index is 0.574. The molecule has 2 heterocycles. The third-order valence-electron chi connectivity index (χ3n) is 3.96. The highest BCUT2D eigenvalue weighted by atomic mass is 16.5. The lowest BCUT2D eigenvalue weighted by Gasteiger charge is -2.11. The molecule has 112 valence electrons. The first-order valence-electron chi connectivity index (χ1n) is 7.42. The van der Waals surface area contributed by atoms with Crippen molar-refractivity contribution in [1.82, 2.24) is 15.0 Å². The predicted octanol–water partition coefficient (Wildman–Crippen LogP) is 3.99. The summed E-state index contributed by atoms with van der Waals surface area (Å²) in [5.41, 5.74) is 4.05. The Morgan fingerprint density at radius 2 is 1.83 bits per heavy atom. The van der Waals surface area contributed by atoms with Crippen LogP contribution in [0, 0.1) is 0 Å². The Bertz CT molecular complexity index is 993. The number of aromatic nitrogens is 3. The normalized spacial score (nSPS) is 11.2. The van der Waals surface area contributed by atoms with Gasteiger partial charge in [0.25, 0.3) is 0 Å². The fraction of sp³-hybridized carbons (Fsp3) is 0.105. The number of benzene rings is 2. The van der Waals surface area contributed by atoms with Crippen LogP contribution in [-0.4, -0.2) is 22.1 Å². The van der Waals surface area contributed by atoms with Crippen molar-refractivity contribution in [2.75, 3.05) is 7.11 Å². The molecule has 0 bridgehead atoms. The van der Waals surface area contributed by atoms with E-state index >= 15 is 0 Å². The lowest BCUT2D eigenvalue weighted by molar-refractivity contribution is 0.186. The van der Waals surface area contributed by atoms with E-state index in [1.807, 2.05) is 12.3 Å². The maximum absolute atomic E-state index is 5.36. The first-order valence-corrected chi connectivity index (χ1v) is 7.42. The van der Waals surface area contributed by atoms with Gasteiger partial charge in [0.15, 0.2) is 0 Å². The summed E-state index contributed by atoms with van der Waals surface area (Å²) in [5, 5.41) is 3.30. The first kappa shape index (κ1) is 13.8. The van der Waals surface area contributed by atoms with Crippen LogP contribution in [0.4, 0.5) is 0 Å². The zero-order valence-corrected chi connectivity index (χ0v) is 12.7. The molecule has 2 aromatic heterocycles. The molecular formula is C19H15N3O. The van der Waals surface area contributed by atoms with E-state index in [0.717, 1.165) is 27.7 Å². The fourth-order valence-corrected chi connectivity index (χ4v) is 2.93. The second kappa shape index (κ2) is 5.74. The van der Waals surface area contributed by atoms with E-state index in [-0.39, 0.29) is 0 Å². The van der Waals surface area contributed by atoms with Crippen molar-refractivity contribution >= 4 is 21.7 Å². The number of pyridine rings is 1. The number of hydrogen-bond acceptors (Lipinski definition) is 4. The molecule has 0 unspecified atom stereocenters. The highest BCUT2D eigenvalue weighted by Gasteiger charge is 2.10. The van der Waals surface area contributed by atoms with E-state index in [1.165, 1.54) is 10.8 Å². The Morgan fingerprint density at radius 1 is 0.957 bits per heavy atom. The number of methoxy groups -OCH3 is 1. The second-order valence-electron chi connectivity index (χ2n) is 5.40. The molecule has 0 N–H and O–H groups in total. The molecule has 0 fully saturated rings. The molecule has 0 aliphatic rings. The zero-order chi connectivity index (χ0) is 15.6. The molecule has 23 heavy (non-hydrogen) atoms. The van der Waals surface area contributed by atoms with E-state index in [2.05, 4.69) is 51.4 Å². The van der Waals surface area contributed by atoms with Gasteiger partial charge in [-0.05, 0) is 22.4 Å². The first-order chi connectivity index (χ1) is 11.4. The minimum absolute atomic E-state index is 0.574. The maximum atomic E-state index is 5.36. The van der Waals surface area contributed by atoms with Gasteiger partial charge in [0.05, 0.1) is 17.8 Å². The van der Waals surface area contributed by atoms with Gasteiger partial charge in [-0.1, -0.05) is 36.4 Å². The predicted molar refractivity (Wildman–Crippen MR) is 91.0 cm³/mol. The summed E-state index contributed by atoms with van der Waals surface area (Å²) in [5.74, 6) is 0. The molecule has 4 rings (SSSR count). The van der Waals surface area contributed by atoms with Gasteiger partial charge in [0.2, 0.25) is 0 Å². The number of hydrogen-bond donors (Lipinski definition) is 0. The summed E-state index contributed by atoms with van der Waals surface area (Å²) >= 11 is 0. The SMILES string of the molecule is COCc1cccc2cccc(-c3cc4ncncc4cn3)c12. The van der Waals surface area contributed by atoms with Crippen LogP contribution < -0.4 is 0 Å². The highest BCUT2D eigenvalue weighted by Crippen LogP contribution is 2.31. The van der Waals surface area contributed by atoms with Crippen molar-refractivity contribution in [2.24, 2.45) is 0 Å². The summed E-state index contributed by atoms with van der Waals surface area (Å²) in [4.78, 5) is 13.0. The topological polar surface area (TPSA) is 47.9 Å². The molecule has 0 amide bonds. The standard InChI is InChI=1S/C19H15N3O/c1-23-11-14-6-2-4-13-5-3-7-16(19(13)14)18-8-17-15(10-21-18)9-20-12-22-17/h2-10,12H,11H2,1H3. The quantitative estimate of drug-likeness (QED) is 0.574. The molecule has 2 aromatic carbocycles. The average Bonchev–Trinajstić information content (AvgIpc) is 2.61. The van der Waals surface area contributed by atoms with Crippen LogP contribution in [0.1, 0.15) is 5.56 Å². The number of rotatable bonds is 3. The lowest BCUT2D eigenvalue weighted by atomic mass is 9.97. The van der Waals surface area contributed by atoms with E-state index < -0.39 is 0 Å². The van der Waals surface area contributed by atoms with Gasteiger partial charge in [0.1, 0.15) is 6.33 Å². The smallest absolute Gasteiger partial charge is 0.116 e. The van der Waals surface area contributed by atoms with Gasteiger partial charge in [-0.2, -0.15) is 0 Å². The minimum Gasteiger partial charge on any atom is -0.380 e. The molecule has 0 spiro atoms. The summed E-state index contributed by atoms with van der Waals surface area (Å²) < 4.78 is 5.36. The largest absolute Gasteiger partial charge is 0.380 e. The molecule has 4 aromatic rings. The van der Waals surface area contributed by atoms with E-state index in [4.69, 9.17) is 4.74 Å². The van der Waals surface area contributed by atoms with Crippen LogP contribution in [0.25, 0.3) is 32.9 Å². The van der Waals surface area contributed by atoms with Gasteiger partial charge in [0, 0.05) is 30.5 Å². The molecule has 0 radical (unpaired) electrons. The van der Waals surface area contributed by atoms with Crippen molar-refractivity contribution in [3.63, 3.8) is 0 Å². The van der Waals surface area contributed by atoms with Gasteiger partial charge in [-0.15, -0.1) is 0 Å². The van der Waals surface area contributed by atoms with Crippen LogP contribution in [-0.2, 0) is 11.3 Å². The monoisotopic (exact) mass is 301 g/mol. The van der Waals surface area contributed by atoms with Crippen LogP contribution in [0.5, 0.6) is 0 Å². The summed E-state index contributed by atoms with van der Waals surface area (Å²) in [7, 11) is 1.71. The third-order valence-corrected chi connectivity index (χ3v) is 3.96. The van der Waals surface area contributed by atoms with Crippen molar-refractivity contribution in [3.05, 3.63) is 66.7 Å². The van der Waals surface area contributed by atoms with Crippen LogP contribution in [0.3, 0.4) is 0 Å². The molecular weight excluding hydrogens is 286 g/mol. The van der Waals surface area contributed by atoms with Crippen molar-refractivity contribution < 1.29 is 4.74 Å². The van der Waals surface area contributed by atoms with Crippen molar-refractivity contribution in [1.29, 1.82) is 0 Å². The molecule has 0 aliphatic heterocycles. The van der Waals surface area contributed by atoms with Gasteiger partial charge in [-0.3, -0.25) is 4.98 Å². The van der Waals surface area contributed by atoms with Gasteiger partial charge < -0.3 is 4.74 Å². The van der Waals surface area contributed by atoms with Crippen LogP contribution >= 0.6 is 0 Å². The number of nitrogens with zero attached hydrogens (tertiary/aromatic N) is 3. The average molecular weight is 301 g/mol. The Labute approximate surface area is 133 Å². The maximum Gasteiger partial charge on any atom is 0.116 e. The molecule has 0 saturated carbocycles. The fourth-order valence-electron chi connectivity index (χ4n) is 2.93. The summed E-state index contributed by atoms with van der Waals surface area (Å²) in [6.45, 7) is 0.574. The third kappa shape index (κ3) is 2.43. The van der Waals surface area contributed by atoms with Gasteiger partial charge in [-0.25, -0.2) is 9.97 Å². The van der Waals surface area contributed by atoms with Crippen molar-refractivity contribution in [2.45, 2.75) is 6.61 Å². The molecule has 0 saturated heterocycles. The Morgan fingerprint density at radius 3 is 2.70 bits per heavy atom. The lowest BCUT2D eigenvalue weighted by Crippen LogP contribution is -1.93. The number of fused-ring (bicyclic) bond motifs is 2. The van der Waals surface area contributed by atoms with E-state index in [1.54, 1.807) is 19.6 Å². The number of ether oxygens (including phenoxy) is 1. The molecule has 0 aliphatic carbocycles. The Hall–Kier alpha value is -2.85. The Kier molecular flexibility index (Phi) is 3.44. The summed E-state index contributed by atoms with van der Waals surface area (Å²) in [6.07, 6.45) is 5.16. The molecule has 4 nitrogen and oxygen atoms in total. The second-order valence-corrected chi connectivity index (χ2v) is 5.40. The van der Waals surface area contributed by atoms with Crippen molar-refractivity contribution in [3.8, 4) is 11.3 Å². The van der Waals surface area contributed by atoms with Gasteiger partial charge >= 0.3 is 0 Å². The molecule has 0 atom stereocenters.